The lowest BCUT2D eigenvalue weighted by atomic mass is 10.0. The van der Waals surface area contributed by atoms with Crippen LogP contribution in [0, 0.1) is 27.3 Å². The molecule has 1 heterocycles. The van der Waals surface area contributed by atoms with Crippen molar-refractivity contribution in [2.45, 2.75) is 6.92 Å². The van der Waals surface area contributed by atoms with E-state index < -0.39 is 16.4 Å². The van der Waals surface area contributed by atoms with Gasteiger partial charge in [0.2, 0.25) is 5.88 Å². The van der Waals surface area contributed by atoms with E-state index in [1.165, 1.54) is 6.20 Å². The van der Waals surface area contributed by atoms with Crippen molar-refractivity contribution in [1.29, 1.82) is 5.26 Å². The Hall–Kier alpha value is -3.01. The molecular weight excluding hydrogens is 277 g/mol. The van der Waals surface area contributed by atoms with E-state index in [4.69, 9.17) is 10.00 Å². The van der Waals surface area contributed by atoms with E-state index in [9.17, 15) is 14.5 Å². The lowest BCUT2D eigenvalue weighted by molar-refractivity contribution is -0.385. The minimum Gasteiger partial charge on any atom is -0.478 e. The zero-order valence-electron chi connectivity index (χ0n) is 11.0. The molecule has 0 saturated heterocycles. The molecule has 0 radical (unpaired) electrons. The summed E-state index contributed by atoms with van der Waals surface area (Å²) in [7, 11) is 0. The van der Waals surface area contributed by atoms with Crippen molar-refractivity contribution in [3.8, 4) is 23.1 Å². The van der Waals surface area contributed by atoms with Gasteiger partial charge in [-0.05, 0) is 13.0 Å². The Kier molecular flexibility index (Phi) is 4.09. The molecule has 0 spiro atoms. The molecule has 1 aromatic carbocycles. The van der Waals surface area contributed by atoms with Crippen LogP contribution < -0.4 is 4.74 Å². The van der Waals surface area contributed by atoms with E-state index in [0.29, 0.717) is 18.1 Å². The minimum absolute atomic E-state index is 0.0151. The minimum atomic E-state index is -0.841. The summed E-state index contributed by atoms with van der Waals surface area (Å²) in [4.78, 5) is 13.9. The predicted molar refractivity (Wildman–Crippen MR) is 72.2 cm³/mol. The molecule has 7 heteroatoms. The highest BCUT2D eigenvalue weighted by molar-refractivity contribution is 5.72. The highest BCUT2D eigenvalue weighted by Gasteiger charge is 2.18. The van der Waals surface area contributed by atoms with Gasteiger partial charge in [-0.1, -0.05) is 0 Å². The van der Waals surface area contributed by atoms with E-state index in [1.54, 1.807) is 25.1 Å². The number of ether oxygens (including phenoxy) is 1. The lowest BCUT2D eigenvalue weighted by Gasteiger charge is -2.07. The van der Waals surface area contributed by atoms with Crippen LogP contribution in [-0.4, -0.2) is 16.5 Å². The van der Waals surface area contributed by atoms with Crippen molar-refractivity contribution in [1.82, 2.24) is 4.98 Å². The second-order valence-corrected chi connectivity index (χ2v) is 4.04. The summed E-state index contributed by atoms with van der Waals surface area (Å²) < 4.78 is 19.3. The Balaban J connectivity index is 2.53. The number of hydrogen-bond acceptors (Lipinski definition) is 5. The summed E-state index contributed by atoms with van der Waals surface area (Å²) >= 11 is 0. The number of nitro groups is 1. The summed E-state index contributed by atoms with van der Waals surface area (Å²) in [6.45, 7) is 2.25. The summed E-state index contributed by atoms with van der Waals surface area (Å²) in [5.74, 6) is -0.464. The van der Waals surface area contributed by atoms with Crippen LogP contribution >= 0.6 is 0 Å². The average Bonchev–Trinajstić information content (AvgIpc) is 2.47. The molecule has 2 aromatic rings. The van der Waals surface area contributed by atoms with Crippen molar-refractivity contribution in [2.75, 3.05) is 6.61 Å². The third kappa shape index (κ3) is 2.95. The van der Waals surface area contributed by atoms with Gasteiger partial charge in [0, 0.05) is 29.5 Å². The SMILES string of the molecule is CCOc1ccc(-c2c(F)cc([N+](=O)[O-])cc2C#N)cn1. The van der Waals surface area contributed by atoms with Gasteiger partial charge in [0.15, 0.2) is 0 Å². The third-order valence-corrected chi connectivity index (χ3v) is 2.72. The molecule has 106 valence electrons. The number of nitrogens with zero attached hydrogens (tertiary/aromatic N) is 3. The van der Waals surface area contributed by atoms with Gasteiger partial charge < -0.3 is 4.74 Å². The Morgan fingerprint density at radius 1 is 1.48 bits per heavy atom. The first-order valence-corrected chi connectivity index (χ1v) is 6.04. The van der Waals surface area contributed by atoms with Crippen LogP contribution in [0.2, 0.25) is 0 Å². The summed E-state index contributed by atoms with van der Waals surface area (Å²) in [5, 5.41) is 19.8. The van der Waals surface area contributed by atoms with Gasteiger partial charge in [0.25, 0.3) is 5.69 Å². The Morgan fingerprint density at radius 3 is 2.76 bits per heavy atom. The number of pyridine rings is 1. The largest absolute Gasteiger partial charge is 0.478 e. The molecule has 0 amide bonds. The topological polar surface area (TPSA) is 89.0 Å². The van der Waals surface area contributed by atoms with Crippen LogP contribution in [0.4, 0.5) is 10.1 Å². The normalized spacial score (nSPS) is 9.95. The molecule has 1 aromatic heterocycles. The molecule has 0 N–H and O–H groups in total. The van der Waals surface area contributed by atoms with Crippen LogP contribution in [0.1, 0.15) is 12.5 Å². The molecule has 0 aliphatic carbocycles. The van der Waals surface area contributed by atoms with Gasteiger partial charge in [0.1, 0.15) is 11.9 Å². The van der Waals surface area contributed by atoms with E-state index in [2.05, 4.69) is 4.98 Å². The monoisotopic (exact) mass is 287 g/mol. The van der Waals surface area contributed by atoms with Gasteiger partial charge >= 0.3 is 0 Å². The molecule has 0 fully saturated rings. The van der Waals surface area contributed by atoms with Gasteiger partial charge in [-0.3, -0.25) is 10.1 Å². The van der Waals surface area contributed by atoms with Crippen molar-refractivity contribution >= 4 is 5.69 Å². The van der Waals surface area contributed by atoms with Gasteiger partial charge in [-0.2, -0.15) is 5.26 Å². The number of non-ortho nitro benzene ring substituents is 1. The smallest absolute Gasteiger partial charge is 0.273 e. The molecule has 0 bridgehead atoms. The maximum Gasteiger partial charge on any atom is 0.273 e. The Bertz CT molecular complexity index is 723. The molecular formula is C14H10FN3O3. The fraction of sp³-hybridized carbons (Fsp3) is 0.143. The van der Waals surface area contributed by atoms with Crippen molar-refractivity contribution in [2.24, 2.45) is 0 Å². The highest BCUT2D eigenvalue weighted by atomic mass is 19.1. The van der Waals surface area contributed by atoms with E-state index in [0.717, 1.165) is 12.1 Å². The first-order chi connectivity index (χ1) is 10.1. The van der Waals surface area contributed by atoms with Crippen LogP contribution in [0.5, 0.6) is 5.88 Å². The summed E-state index contributed by atoms with van der Waals surface area (Å²) in [6.07, 6.45) is 1.36. The van der Waals surface area contributed by atoms with Crippen LogP contribution in [0.25, 0.3) is 11.1 Å². The number of halogens is 1. The summed E-state index contributed by atoms with van der Waals surface area (Å²) in [6, 6.07) is 6.67. The fourth-order valence-corrected chi connectivity index (χ4v) is 1.84. The molecule has 2 rings (SSSR count). The number of nitro benzene ring substituents is 1. The van der Waals surface area contributed by atoms with Crippen molar-refractivity contribution in [3.63, 3.8) is 0 Å². The number of hydrogen-bond donors (Lipinski definition) is 0. The third-order valence-electron chi connectivity index (χ3n) is 2.72. The van der Waals surface area contributed by atoms with Crippen LogP contribution in [-0.2, 0) is 0 Å². The molecule has 0 atom stereocenters. The molecule has 0 aliphatic rings. The second-order valence-electron chi connectivity index (χ2n) is 4.04. The maximum absolute atomic E-state index is 14.1. The van der Waals surface area contributed by atoms with E-state index >= 15 is 0 Å². The first-order valence-electron chi connectivity index (χ1n) is 6.04. The zero-order chi connectivity index (χ0) is 15.4. The highest BCUT2D eigenvalue weighted by Crippen LogP contribution is 2.30. The lowest BCUT2D eigenvalue weighted by Crippen LogP contribution is -1.97. The van der Waals surface area contributed by atoms with E-state index in [-0.39, 0.29) is 11.1 Å². The predicted octanol–water partition coefficient (Wildman–Crippen LogP) is 3.07. The zero-order valence-corrected chi connectivity index (χ0v) is 11.0. The molecule has 6 nitrogen and oxygen atoms in total. The van der Waals surface area contributed by atoms with Crippen LogP contribution in [0.15, 0.2) is 30.5 Å². The van der Waals surface area contributed by atoms with Crippen LogP contribution in [0.3, 0.4) is 0 Å². The van der Waals surface area contributed by atoms with Gasteiger partial charge in [-0.15, -0.1) is 0 Å². The fourth-order valence-electron chi connectivity index (χ4n) is 1.84. The van der Waals surface area contributed by atoms with Crippen molar-refractivity contribution < 1.29 is 14.1 Å². The number of aromatic nitrogens is 1. The number of nitriles is 1. The van der Waals surface area contributed by atoms with Gasteiger partial charge in [-0.25, -0.2) is 9.37 Å². The standard InChI is InChI=1S/C14H10FN3O3/c1-2-21-13-4-3-9(8-17-13)14-10(7-16)5-11(18(19)20)6-12(14)15/h3-6,8H,2H2,1H3. The number of benzene rings is 1. The maximum atomic E-state index is 14.1. The quantitative estimate of drug-likeness (QED) is 0.636. The second kappa shape index (κ2) is 5.96. The Morgan fingerprint density at radius 2 is 2.24 bits per heavy atom. The van der Waals surface area contributed by atoms with E-state index in [1.807, 2.05) is 0 Å². The molecule has 0 aliphatic heterocycles. The first kappa shape index (κ1) is 14.4. The molecule has 0 unspecified atom stereocenters. The van der Waals surface area contributed by atoms with Gasteiger partial charge in [0.05, 0.1) is 23.2 Å². The molecule has 0 saturated carbocycles. The average molecular weight is 287 g/mol. The molecule has 21 heavy (non-hydrogen) atoms. The Labute approximate surface area is 119 Å². The van der Waals surface area contributed by atoms with Crippen molar-refractivity contribution in [3.05, 3.63) is 52.0 Å². The number of rotatable bonds is 4. The summed E-state index contributed by atoms with van der Waals surface area (Å²) in [5.41, 5.74) is -0.250.